The van der Waals surface area contributed by atoms with Crippen molar-refractivity contribution in [1.29, 1.82) is 0 Å². The third-order valence-electron chi connectivity index (χ3n) is 3.45. The van der Waals surface area contributed by atoms with Gasteiger partial charge in [-0.2, -0.15) is 0 Å². The van der Waals surface area contributed by atoms with Crippen molar-refractivity contribution >= 4 is 12.0 Å². The number of primary amides is 1. The molecular weight excluding hydrogens is 280 g/mol. The van der Waals surface area contributed by atoms with E-state index in [1.165, 1.54) is 38.5 Å². The summed E-state index contributed by atoms with van der Waals surface area (Å²) in [6, 6.07) is -0.436. The van der Waals surface area contributed by atoms with Gasteiger partial charge in [-0.1, -0.05) is 57.9 Å². The number of hydrogen-bond donors (Lipinski definition) is 2. The van der Waals surface area contributed by atoms with Gasteiger partial charge in [0.1, 0.15) is 0 Å². The highest BCUT2D eigenvalue weighted by Crippen LogP contribution is 2.10. The van der Waals surface area contributed by atoms with Crippen molar-refractivity contribution in [2.75, 3.05) is 13.2 Å². The minimum atomic E-state index is -0.436. The van der Waals surface area contributed by atoms with E-state index in [9.17, 15) is 9.59 Å². The Hall–Kier alpha value is -1.52. The molecule has 0 heterocycles. The Balaban J connectivity index is 3.10. The summed E-state index contributed by atoms with van der Waals surface area (Å²) < 4.78 is 5.04. The van der Waals surface area contributed by atoms with Crippen LogP contribution in [0.4, 0.5) is 4.79 Å². The van der Waals surface area contributed by atoms with Crippen LogP contribution in [0.1, 0.15) is 71.1 Å². The predicted octanol–water partition coefficient (Wildman–Crippen LogP) is 3.68. The molecule has 0 aromatic heterocycles. The van der Waals surface area contributed by atoms with Gasteiger partial charge >= 0.3 is 12.0 Å². The van der Waals surface area contributed by atoms with Gasteiger partial charge in [0.2, 0.25) is 0 Å². The molecular formula is C17H32N2O3. The third-order valence-corrected chi connectivity index (χ3v) is 3.45. The SMILES string of the molecule is C=C(C)C(=O)OCCCCCCCCCCCCNC(N)=O. The maximum Gasteiger partial charge on any atom is 0.333 e. The highest BCUT2D eigenvalue weighted by Gasteiger charge is 2.01. The van der Waals surface area contributed by atoms with E-state index in [1.807, 2.05) is 0 Å². The molecule has 5 nitrogen and oxygen atoms in total. The molecule has 0 aliphatic rings. The van der Waals surface area contributed by atoms with Crippen LogP contribution in [0.15, 0.2) is 12.2 Å². The van der Waals surface area contributed by atoms with E-state index in [-0.39, 0.29) is 5.97 Å². The van der Waals surface area contributed by atoms with Crippen molar-refractivity contribution in [2.45, 2.75) is 71.1 Å². The average molecular weight is 312 g/mol. The van der Waals surface area contributed by atoms with Gasteiger partial charge in [0.15, 0.2) is 0 Å². The summed E-state index contributed by atoms with van der Waals surface area (Å²) in [5.41, 5.74) is 5.44. The highest BCUT2D eigenvalue weighted by molar-refractivity contribution is 5.86. The summed E-state index contributed by atoms with van der Waals surface area (Å²) in [4.78, 5) is 21.6. The summed E-state index contributed by atoms with van der Waals surface area (Å²) >= 11 is 0. The van der Waals surface area contributed by atoms with Crippen LogP contribution in [0.2, 0.25) is 0 Å². The van der Waals surface area contributed by atoms with Gasteiger partial charge in [0, 0.05) is 12.1 Å². The maximum absolute atomic E-state index is 11.1. The number of rotatable bonds is 14. The van der Waals surface area contributed by atoms with Crippen LogP contribution in [0.25, 0.3) is 0 Å². The van der Waals surface area contributed by atoms with Gasteiger partial charge in [0.25, 0.3) is 0 Å². The first-order chi connectivity index (χ1) is 10.5. The number of carbonyl (C=O) groups excluding carboxylic acids is 2. The Kier molecular flexibility index (Phi) is 13.4. The van der Waals surface area contributed by atoms with Crippen molar-refractivity contribution in [3.8, 4) is 0 Å². The third kappa shape index (κ3) is 14.9. The summed E-state index contributed by atoms with van der Waals surface area (Å²) in [5, 5.41) is 2.60. The maximum atomic E-state index is 11.1. The Morgan fingerprint density at radius 3 is 1.82 bits per heavy atom. The molecule has 0 aromatic carbocycles. The number of hydrogen-bond acceptors (Lipinski definition) is 3. The average Bonchev–Trinajstić information content (AvgIpc) is 2.46. The van der Waals surface area contributed by atoms with Gasteiger partial charge in [-0.25, -0.2) is 9.59 Å². The van der Waals surface area contributed by atoms with E-state index >= 15 is 0 Å². The predicted molar refractivity (Wildman–Crippen MR) is 89.5 cm³/mol. The van der Waals surface area contributed by atoms with E-state index in [0.29, 0.717) is 18.7 Å². The lowest BCUT2D eigenvalue weighted by molar-refractivity contribution is -0.139. The molecule has 2 amide bonds. The van der Waals surface area contributed by atoms with Crippen LogP contribution < -0.4 is 11.1 Å². The van der Waals surface area contributed by atoms with E-state index < -0.39 is 6.03 Å². The number of nitrogens with one attached hydrogen (secondary N) is 1. The molecule has 5 heteroatoms. The van der Waals surface area contributed by atoms with Crippen molar-refractivity contribution in [1.82, 2.24) is 5.32 Å². The summed E-state index contributed by atoms with van der Waals surface area (Å²) in [6.45, 7) is 6.40. The molecule has 0 rings (SSSR count). The normalized spacial score (nSPS) is 10.2. The fourth-order valence-corrected chi connectivity index (χ4v) is 2.14. The Morgan fingerprint density at radius 2 is 1.36 bits per heavy atom. The van der Waals surface area contributed by atoms with E-state index in [4.69, 9.17) is 10.5 Å². The highest BCUT2D eigenvalue weighted by atomic mass is 16.5. The largest absolute Gasteiger partial charge is 0.462 e. The first kappa shape index (κ1) is 20.5. The van der Waals surface area contributed by atoms with Crippen LogP contribution in [0.3, 0.4) is 0 Å². The van der Waals surface area contributed by atoms with E-state index in [0.717, 1.165) is 25.7 Å². The zero-order valence-corrected chi connectivity index (χ0v) is 14.0. The number of amides is 2. The van der Waals surface area contributed by atoms with Crippen LogP contribution in [0.5, 0.6) is 0 Å². The van der Waals surface area contributed by atoms with Crippen molar-refractivity contribution in [3.63, 3.8) is 0 Å². The molecule has 0 unspecified atom stereocenters. The van der Waals surface area contributed by atoms with Gasteiger partial charge in [0.05, 0.1) is 6.61 Å². The topological polar surface area (TPSA) is 81.4 Å². The van der Waals surface area contributed by atoms with E-state index in [2.05, 4.69) is 11.9 Å². The second-order valence-electron chi connectivity index (χ2n) is 5.74. The van der Waals surface area contributed by atoms with Gasteiger partial charge in [-0.05, 0) is 19.8 Å². The molecule has 0 aliphatic heterocycles. The Bertz CT molecular complexity index is 330. The van der Waals surface area contributed by atoms with E-state index in [1.54, 1.807) is 6.92 Å². The molecule has 3 N–H and O–H groups in total. The summed E-state index contributed by atoms with van der Waals surface area (Å²) in [6.07, 6.45) is 11.7. The fraction of sp³-hybridized carbons (Fsp3) is 0.765. The molecule has 0 radical (unpaired) electrons. The number of unbranched alkanes of at least 4 members (excludes halogenated alkanes) is 9. The Morgan fingerprint density at radius 1 is 0.909 bits per heavy atom. The minimum Gasteiger partial charge on any atom is -0.462 e. The molecule has 0 fully saturated rings. The van der Waals surface area contributed by atoms with Crippen molar-refractivity contribution in [2.24, 2.45) is 5.73 Å². The molecule has 0 saturated carbocycles. The number of esters is 1. The lowest BCUT2D eigenvalue weighted by Gasteiger charge is -2.05. The molecule has 0 aliphatic carbocycles. The van der Waals surface area contributed by atoms with Crippen molar-refractivity contribution < 1.29 is 14.3 Å². The van der Waals surface area contributed by atoms with Crippen LogP contribution >= 0.6 is 0 Å². The van der Waals surface area contributed by atoms with Crippen LogP contribution in [-0.2, 0) is 9.53 Å². The molecule has 128 valence electrons. The zero-order chi connectivity index (χ0) is 16.6. The quantitative estimate of drug-likeness (QED) is 0.292. The van der Waals surface area contributed by atoms with Crippen molar-refractivity contribution in [3.05, 3.63) is 12.2 Å². The van der Waals surface area contributed by atoms with Crippen LogP contribution in [-0.4, -0.2) is 25.2 Å². The summed E-state index contributed by atoms with van der Waals surface area (Å²) in [5.74, 6) is -0.286. The molecule has 0 saturated heterocycles. The Labute approximate surface area is 134 Å². The lowest BCUT2D eigenvalue weighted by atomic mass is 10.1. The smallest absolute Gasteiger partial charge is 0.333 e. The standard InChI is InChI=1S/C17H32N2O3/c1-15(2)16(20)22-14-12-10-8-6-4-3-5-7-9-11-13-19-17(18)21/h1,3-14H2,2H3,(H3,18,19,21). The number of ether oxygens (including phenoxy) is 1. The zero-order valence-electron chi connectivity index (χ0n) is 14.0. The molecule has 22 heavy (non-hydrogen) atoms. The number of carbonyl (C=O) groups is 2. The van der Waals surface area contributed by atoms with Gasteiger partial charge < -0.3 is 15.8 Å². The summed E-state index contributed by atoms with van der Waals surface area (Å²) in [7, 11) is 0. The molecule has 0 atom stereocenters. The fourth-order valence-electron chi connectivity index (χ4n) is 2.14. The first-order valence-corrected chi connectivity index (χ1v) is 8.40. The molecule has 0 bridgehead atoms. The van der Waals surface area contributed by atoms with Gasteiger partial charge in [-0.3, -0.25) is 0 Å². The second kappa shape index (κ2) is 14.4. The molecule has 0 spiro atoms. The van der Waals surface area contributed by atoms with Crippen LogP contribution in [0, 0.1) is 0 Å². The lowest BCUT2D eigenvalue weighted by Crippen LogP contribution is -2.29. The minimum absolute atomic E-state index is 0.286. The number of nitrogens with two attached hydrogens (primary N) is 1. The first-order valence-electron chi connectivity index (χ1n) is 8.40. The number of urea groups is 1. The second-order valence-corrected chi connectivity index (χ2v) is 5.74. The van der Waals surface area contributed by atoms with Gasteiger partial charge in [-0.15, -0.1) is 0 Å². The monoisotopic (exact) mass is 312 g/mol. The molecule has 0 aromatic rings.